The van der Waals surface area contributed by atoms with Gasteiger partial charge < -0.3 is 5.32 Å². The van der Waals surface area contributed by atoms with Crippen LogP contribution in [0.15, 0.2) is 0 Å². The molecule has 0 aromatic heterocycles. The highest BCUT2D eigenvalue weighted by Gasteiger charge is 2.27. The Hall–Kier alpha value is -0.530. The van der Waals surface area contributed by atoms with Crippen molar-refractivity contribution in [1.82, 2.24) is 5.32 Å². The SMILES string of the molecule is CC(C)[C@@H]1CC(=O)N1. The van der Waals surface area contributed by atoms with Crippen molar-refractivity contribution in [1.29, 1.82) is 0 Å². The van der Waals surface area contributed by atoms with E-state index < -0.39 is 0 Å². The first-order chi connectivity index (χ1) is 3.70. The zero-order chi connectivity index (χ0) is 6.15. The maximum atomic E-state index is 10.3. The molecule has 46 valence electrons. The van der Waals surface area contributed by atoms with Gasteiger partial charge in [-0.25, -0.2) is 0 Å². The molecule has 1 atom stereocenters. The Labute approximate surface area is 49.3 Å². The number of nitrogens with one attached hydrogen (secondary N) is 1. The van der Waals surface area contributed by atoms with Gasteiger partial charge in [-0.15, -0.1) is 0 Å². The van der Waals surface area contributed by atoms with Gasteiger partial charge >= 0.3 is 0 Å². The zero-order valence-corrected chi connectivity index (χ0v) is 5.27. The number of carbonyl (C=O) groups excluding carboxylic acids is 1. The molecule has 1 rings (SSSR count). The molecule has 0 aromatic carbocycles. The van der Waals surface area contributed by atoms with E-state index in [0.29, 0.717) is 12.0 Å². The van der Waals surface area contributed by atoms with Gasteiger partial charge in [0, 0.05) is 12.5 Å². The van der Waals surface area contributed by atoms with E-state index in [0.717, 1.165) is 6.42 Å². The molecule has 1 N–H and O–H groups in total. The number of carbonyl (C=O) groups is 1. The highest BCUT2D eigenvalue weighted by atomic mass is 16.2. The predicted octanol–water partition coefficient (Wildman–Crippen LogP) is 0.531. The maximum absolute atomic E-state index is 10.3. The Balaban J connectivity index is 2.25. The van der Waals surface area contributed by atoms with E-state index in [4.69, 9.17) is 0 Å². The van der Waals surface area contributed by atoms with Crippen LogP contribution in [0.4, 0.5) is 0 Å². The summed E-state index contributed by atoms with van der Waals surface area (Å²) in [5.41, 5.74) is 0. The molecule has 1 fully saturated rings. The molecule has 2 heteroatoms. The van der Waals surface area contributed by atoms with E-state index in [-0.39, 0.29) is 5.91 Å². The van der Waals surface area contributed by atoms with Crippen LogP contribution >= 0.6 is 0 Å². The van der Waals surface area contributed by atoms with Crippen LogP contribution in [0.25, 0.3) is 0 Å². The summed E-state index contributed by atoms with van der Waals surface area (Å²) < 4.78 is 0. The molecular weight excluding hydrogens is 102 g/mol. The first-order valence-electron chi connectivity index (χ1n) is 2.99. The van der Waals surface area contributed by atoms with Crippen molar-refractivity contribution in [3.05, 3.63) is 0 Å². The summed E-state index contributed by atoms with van der Waals surface area (Å²) in [5.74, 6) is 0.802. The Bertz CT molecular complexity index is 101. The summed E-state index contributed by atoms with van der Waals surface area (Å²) in [6.45, 7) is 4.23. The first-order valence-corrected chi connectivity index (χ1v) is 2.99. The predicted molar refractivity (Wildman–Crippen MR) is 31.4 cm³/mol. The second-order valence-electron chi connectivity index (χ2n) is 2.62. The van der Waals surface area contributed by atoms with Crippen LogP contribution in [0, 0.1) is 5.92 Å². The molecule has 0 saturated carbocycles. The zero-order valence-electron chi connectivity index (χ0n) is 5.27. The van der Waals surface area contributed by atoms with Crippen molar-refractivity contribution in [3.8, 4) is 0 Å². The second kappa shape index (κ2) is 1.77. The lowest BCUT2D eigenvalue weighted by Gasteiger charge is -2.29. The average Bonchev–Trinajstić information content (AvgIpc) is 1.57. The first kappa shape index (κ1) is 5.60. The summed E-state index contributed by atoms with van der Waals surface area (Å²) in [6, 6.07) is 0.461. The molecular formula is C6H11NO. The van der Waals surface area contributed by atoms with Gasteiger partial charge in [-0.3, -0.25) is 4.79 Å². The smallest absolute Gasteiger partial charge is 0.222 e. The van der Waals surface area contributed by atoms with Gasteiger partial charge in [-0.1, -0.05) is 13.8 Å². The highest BCUT2D eigenvalue weighted by Crippen LogP contribution is 2.12. The molecule has 0 unspecified atom stereocenters. The van der Waals surface area contributed by atoms with Gasteiger partial charge in [-0.05, 0) is 5.92 Å². The largest absolute Gasteiger partial charge is 0.353 e. The fraction of sp³-hybridized carbons (Fsp3) is 0.833. The third-order valence-corrected chi connectivity index (χ3v) is 1.56. The highest BCUT2D eigenvalue weighted by molar-refractivity contribution is 5.82. The second-order valence-corrected chi connectivity index (χ2v) is 2.62. The summed E-state index contributed by atoms with van der Waals surface area (Å²) in [7, 11) is 0. The van der Waals surface area contributed by atoms with Crippen LogP contribution in [-0.4, -0.2) is 11.9 Å². The average molecular weight is 113 g/mol. The molecule has 8 heavy (non-hydrogen) atoms. The maximum Gasteiger partial charge on any atom is 0.222 e. The van der Waals surface area contributed by atoms with Crippen molar-refractivity contribution in [2.45, 2.75) is 26.3 Å². The Morgan fingerprint density at radius 3 is 2.38 bits per heavy atom. The molecule has 1 saturated heterocycles. The lowest BCUT2D eigenvalue weighted by molar-refractivity contribution is -0.129. The third-order valence-electron chi connectivity index (χ3n) is 1.56. The Morgan fingerprint density at radius 1 is 1.75 bits per heavy atom. The molecule has 0 bridgehead atoms. The standard InChI is InChI=1S/C6H11NO/c1-4(2)5-3-6(8)7-5/h4-5H,3H2,1-2H3,(H,7,8)/t5-/m0/s1. The van der Waals surface area contributed by atoms with E-state index in [1.54, 1.807) is 0 Å². The van der Waals surface area contributed by atoms with Crippen LogP contribution in [-0.2, 0) is 4.79 Å². The van der Waals surface area contributed by atoms with Crippen LogP contribution in [0.2, 0.25) is 0 Å². The van der Waals surface area contributed by atoms with E-state index in [2.05, 4.69) is 19.2 Å². The summed E-state index contributed by atoms with van der Waals surface area (Å²) in [5, 5.41) is 2.80. The monoisotopic (exact) mass is 113 g/mol. The Morgan fingerprint density at radius 2 is 2.25 bits per heavy atom. The lowest BCUT2D eigenvalue weighted by Crippen LogP contribution is -2.51. The summed E-state index contributed by atoms with van der Waals surface area (Å²) in [6.07, 6.45) is 0.734. The van der Waals surface area contributed by atoms with Crippen LogP contribution < -0.4 is 5.32 Å². The number of rotatable bonds is 1. The quantitative estimate of drug-likeness (QED) is 0.494. The summed E-state index contributed by atoms with van der Waals surface area (Å²) in [4.78, 5) is 10.3. The van der Waals surface area contributed by atoms with Gasteiger partial charge in [0.25, 0.3) is 0 Å². The molecule has 0 spiro atoms. The minimum Gasteiger partial charge on any atom is -0.353 e. The number of hydrogen-bond donors (Lipinski definition) is 1. The van der Waals surface area contributed by atoms with Gasteiger partial charge in [0.1, 0.15) is 0 Å². The normalized spacial score (nSPS) is 27.4. The van der Waals surface area contributed by atoms with E-state index in [9.17, 15) is 4.79 Å². The van der Waals surface area contributed by atoms with Crippen LogP contribution in [0.1, 0.15) is 20.3 Å². The molecule has 1 amide bonds. The van der Waals surface area contributed by atoms with Crippen molar-refractivity contribution >= 4 is 5.91 Å². The van der Waals surface area contributed by atoms with Crippen LogP contribution in [0.3, 0.4) is 0 Å². The molecule has 1 aliphatic heterocycles. The van der Waals surface area contributed by atoms with Gasteiger partial charge in [0.15, 0.2) is 0 Å². The van der Waals surface area contributed by atoms with Crippen LogP contribution in [0.5, 0.6) is 0 Å². The van der Waals surface area contributed by atoms with E-state index in [1.807, 2.05) is 0 Å². The molecule has 1 aliphatic rings. The summed E-state index contributed by atoms with van der Waals surface area (Å²) >= 11 is 0. The van der Waals surface area contributed by atoms with E-state index >= 15 is 0 Å². The van der Waals surface area contributed by atoms with Gasteiger partial charge in [0.2, 0.25) is 5.91 Å². The number of amides is 1. The molecule has 2 nitrogen and oxygen atoms in total. The van der Waals surface area contributed by atoms with Crippen molar-refractivity contribution in [2.24, 2.45) is 5.92 Å². The lowest BCUT2D eigenvalue weighted by atomic mass is 9.95. The van der Waals surface area contributed by atoms with E-state index in [1.165, 1.54) is 0 Å². The van der Waals surface area contributed by atoms with Crippen molar-refractivity contribution in [2.75, 3.05) is 0 Å². The fourth-order valence-corrected chi connectivity index (χ4v) is 0.788. The Kier molecular flexibility index (Phi) is 1.24. The molecule has 1 heterocycles. The van der Waals surface area contributed by atoms with Crippen molar-refractivity contribution in [3.63, 3.8) is 0 Å². The minimum absolute atomic E-state index is 0.198. The minimum atomic E-state index is 0.198. The number of β-lactam (4-membered cyclic amide) rings is 1. The fourth-order valence-electron chi connectivity index (χ4n) is 0.788. The van der Waals surface area contributed by atoms with Gasteiger partial charge in [-0.2, -0.15) is 0 Å². The molecule has 0 aliphatic carbocycles. The van der Waals surface area contributed by atoms with Crippen molar-refractivity contribution < 1.29 is 4.79 Å². The van der Waals surface area contributed by atoms with Gasteiger partial charge in [0.05, 0.1) is 0 Å². The number of hydrogen-bond acceptors (Lipinski definition) is 1. The molecule has 0 aromatic rings. The topological polar surface area (TPSA) is 29.1 Å². The molecule has 0 radical (unpaired) electrons. The third kappa shape index (κ3) is 0.831.